The second-order valence-electron chi connectivity index (χ2n) is 16.7. The SMILES string of the molecule is COC(=O)NC(C(=O)N1CC(C#N)CC1c1ncc(-c2ccc(C#Cc3ccc(-c4cnc(C5CC6(CC6)CN5C(=O)C(NC(=O)OC)C(C)C)[nH]4)cc3)cc2)[nH]1)C(C)C. The number of amides is 4. The fourth-order valence-electron chi connectivity index (χ4n) is 8.18. The molecule has 4 aromatic rings. The molecule has 1 spiro atoms. The third-order valence-electron chi connectivity index (χ3n) is 11.9. The number of ether oxygens (including phenoxy) is 2. The van der Waals surface area contributed by atoms with Crippen LogP contribution in [0.4, 0.5) is 9.59 Å². The van der Waals surface area contributed by atoms with Crippen molar-refractivity contribution in [1.29, 1.82) is 5.26 Å². The Kier molecular flexibility index (Phi) is 12.0. The lowest BCUT2D eigenvalue weighted by Gasteiger charge is -2.30. The Morgan fingerprint density at radius 2 is 1.22 bits per heavy atom. The summed E-state index contributed by atoms with van der Waals surface area (Å²) in [6.45, 7) is 8.39. The summed E-state index contributed by atoms with van der Waals surface area (Å²) < 4.78 is 9.54. The number of alkyl carbamates (subject to hydrolysis) is 2. The number of nitriles is 1. The van der Waals surface area contributed by atoms with Crippen LogP contribution in [-0.4, -0.2) is 93.1 Å². The molecule has 1 saturated carbocycles. The molecule has 60 heavy (non-hydrogen) atoms. The van der Waals surface area contributed by atoms with Crippen molar-refractivity contribution in [2.24, 2.45) is 23.2 Å². The van der Waals surface area contributed by atoms with Gasteiger partial charge in [-0.25, -0.2) is 19.6 Å². The van der Waals surface area contributed by atoms with Crippen LogP contribution < -0.4 is 10.6 Å². The Bertz CT molecular complexity index is 2330. The van der Waals surface area contributed by atoms with Gasteiger partial charge in [-0.1, -0.05) is 63.8 Å². The number of nitrogens with one attached hydrogen (secondary N) is 4. The molecule has 4 N–H and O–H groups in total. The molecule has 1 aliphatic carbocycles. The second kappa shape index (κ2) is 17.3. The van der Waals surface area contributed by atoms with Gasteiger partial charge < -0.3 is 39.9 Å². The van der Waals surface area contributed by atoms with E-state index in [2.05, 4.69) is 43.5 Å². The normalized spacial score (nSPS) is 19.9. The monoisotopic (exact) mass is 813 g/mol. The van der Waals surface area contributed by atoms with E-state index in [1.54, 1.807) is 17.3 Å². The lowest BCUT2D eigenvalue weighted by molar-refractivity contribution is -0.136. The van der Waals surface area contributed by atoms with E-state index < -0.39 is 30.3 Å². The van der Waals surface area contributed by atoms with Gasteiger partial charge >= 0.3 is 12.2 Å². The smallest absolute Gasteiger partial charge is 0.407 e. The van der Waals surface area contributed by atoms with Crippen LogP contribution in [0.5, 0.6) is 0 Å². The maximum absolute atomic E-state index is 13.8. The van der Waals surface area contributed by atoms with Crippen molar-refractivity contribution in [1.82, 2.24) is 40.4 Å². The zero-order valence-corrected chi connectivity index (χ0v) is 34.7. The first kappa shape index (κ1) is 41.5. The van der Waals surface area contributed by atoms with Gasteiger partial charge in [0.05, 0.1) is 62.1 Å². The van der Waals surface area contributed by atoms with Crippen molar-refractivity contribution in [3.8, 4) is 40.4 Å². The summed E-state index contributed by atoms with van der Waals surface area (Å²) in [7, 11) is 2.54. The van der Waals surface area contributed by atoms with Crippen molar-refractivity contribution in [3.05, 3.63) is 83.7 Å². The van der Waals surface area contributed by atoms with E-state index in [9.17, 15) is 24.4 Å². The van der Waals surface area contributed by atoms with Gasteiger partial charge in [0.25, 0.3) is 0 Å². The Hall–Kier alpha value is -6.61. The number of benzene rings is 2. The van der Waals surface area contributed by atoms with Gasteiger partial charge in [-0.3, -0.25) is 9.59 Å². The number of nitrogens with zero attached hydrogens (tertiary/aromatic N) is 5. The average Bonchev–Trinajstić information content (AvgIpc) is 3.75. The molecule has 3 aliphatic rings. The number of aromatic nitrogens is 4. The van der Waals surface area contributed by atoms with E-state index in [1.807, 2.05) is 81.1 Å². The second-order valence-corrected chi connectivity index (χ2v) is 16.7. The first-order chi connectivity index (χ1) is 28.8. The summed E-state index contributed by atoms with van der Waals surface area (Å²) in [5.74, 6) is 6.69. The van der Waals surface area contributed by atoms with Crippen molar-refractivity contribution < 1.29 is 28.7 Å². The third-order valence-corrected chi connectivity index (χ3v) is 11.9. The van der Waals surface area contributed by atoms with E-state index in [1.165, 1.54) is 14.2 Å². The molecule has 4 amide bonds. The number of aromatic amines is 2. The van der Waals surface area contributed by atoms with Crippen LogP contribution in [0.2, 0.25) is 0 Å². The molecule has 0 bridgehead atoms. The molecule has 5 atom stereocenters. The molecule has 15 nitrogen and oxygen atoms in total. The van der Waals surface area contributed by atoms with Crippen molar-refractivity contribution in [2.45, 2.75) is 77.5 Å². The zero-order valence-electron chi connectivity index (χ0n) is 34.7. The highest BCUT2D eigenvalue weighted by Gasteiger charge is 2.55. The predicted molar refractivity (Wildman–Crippen MR) is 221 cm³/mol. The first-order valence-corrected chi connectivity index (χ1v) is 20.3. The molecule has 3 fully saturated rings. The fourth-order valence-corrected chi connectivity index (χ4v) is 8.18. The van der Waals surface area contributed by atoms with Gasteiger partial charge in [-0.05, 0) is 78.3 Å². The predicted octanol–water partition coefficient (Wildman–Crippen LogP) is 6.09. The molecule has 7 rings (SSSR count). The van der Waals surface area contributed by atoms with E-state index in [0.717, 1.165) is 58.7 Å². The number of likely N-dealkylation sites (tertiary alicyclic amines) is 2. The zero-order chi connectivity index (χ0) is 42.7. The van der Waals surface area contributed by atoms with Crippen molar-refractivity contribution in [2.75, 3.05) is 27.3 Å². The van der Waals surface area contributed by atoms with Gasteiger partial charge in [0.15, 0.2) is 0 Å². The van der Waals surface area contributed by atoms with Crippen LogP contribution in [-0.2, 0) is 19.1 Å². The Balaban J connectivity index is 1.00. The van der Waals surface area contributed by atoms with E-state index >= 15 is 0 Å². The van der Waals surface area contributed by atoms with Crippen molar-refractivity contribution >= 4 is 24.0 Å². The molecule has 5 unspecified atom stereocenters. The van der Waals surface area contributed by atoms with E-state index in [4.69, 9.17) is 14.5 Å². The molecule has 2 saturated heterocycles. The summed E-state index contributed by atoms with van der Waals surface area (Å²) in [6, 6.07) is 15.8. The minimum atomic E-state index is -0.811. The quantitative estimate of drug-likeness (QED) is 0.137. The number of H-pyrrole nitrogens is 2. The van der Waals surface area contributed by atoms with Gasteiger partial charge in [-0.15, -0.1) is 0 Å². The number of hydrogen-bond acceptors (Lipinski definition) is 9. The fraction of sp³-hybridized carbons (Fsp3) is 0.444. The number of rotatable bonds is 10. The van der Waals surface area contributed by atoms with Gasteiger partial charge in [-0.2, -0.15) is 5.26 Å². The highest BCUT2D eigenvalue weighted by Crippen LogP contribution is 2.58. The lowest BCUT2D eigenvalue weighted by Crippen LogP contribution is -2.51. The largest absolute Gasteiger partial charge is 0.453 e. The van der Waals surface area contributed by atoms with Crippen LogP contribution in [0.3, 0.4) is 0 Å². The number of carbonyl (C=O) groups excluding carboxylic acids is 4. The third kappa shape index (κ3) is 8.86. The summed E-state index contributed by atoms with van der Waals surface area (Å²) in [6.07, 6.45) is 5.61. The molecular weight excluding hydrogens is 763 g/mol. The minimum Gasteiger partial charge on any atom is -0.453 e. The van der Waals surface area contributed by atoms with Gasteiger partial charge in [0.2, 0.25) is 11.8 Å². The molecule has 312 valence electrons. The number of imidazole rings is 2. The summed E-state index contributed by atoms with van der Waals surface area (Å²) >= 11 is 0. The van der Waals surface area contributed by atoms with Gasteiger partial charge in [0.1, 0.15) is 23.7 Å². The van der Waals surface area contributed by atoms with Crippen molar-refractivity contribution in [3.63, 3.8) is 0 Å². The van der Waals surface area contributed by atoms with Crippen LogP contribution in [0.1, 0.15) is 88.2 Å². The lowest BCUT2D eigenvalue weighted by atomic mass is 10.0. The number of methoxy groups -OCH3 is 2. The number of carbonyl (C=O) groups is 4. The standard InChI is InChI=1S/C45H51N9O6/c1-26(2)37(51-43(57)59-5)41(55)53-24-30(21-46)19-35(53)39-47-22-33(49-39)31-13-9-28(10-14-31)7-8-29-11-15-32(16-12-29)34-23-48-40(50-34)36-20-45(17-18-45)25-54(36)42(56)38(27(3)4)52-44(58)60-6/h9-16,22-23,26-27,30,35-38H,17-20,24-25H2,1-6H3,(H,47,49)(H,48,50)(H,51,57)(H,52,58). The minimum absolute atomic E-state index is 0.110. The topological polar surface area (TPSA) is 198 Å². The van der Waals surface area contributed by atoms with Crippen LogP contribution in [0.15, 0.2) is 60.9 Å². The first-order valence-electron chi connectivity index (χ1n) is 20.3. The molecule has 2 aliphatic heterocycles. The summed E-state index contributed by atoms with van der Waals surface area (Å²) in [5, 5.41) is 15.1. The highest BCUT2D eigenvalue weighted by molar-refractivity contribution is 5.87. The molecular formula is C45H51N9O6. The summed E-state index contributed by atoms with van der Waals surface area (Å²) in [4.78, 5) is 71.2. The highest BCUT2D eigenvalue weighted by atomic mass is 16.5. The molecule has 2 aromatic carbocycles. The van der Waals surface area contributed by atoms with E-state index in [-0.39, 0.29) is 47.6 Å². The molecule has 4 heterocycles. The van der Waals surface area contributed by atoms with Crippen LogP contribution in [0, 0.1) is 46.3 Å². The summed E-state index contributed by atoms with van der Waals surface area (Å²) in [5.41, 5.74) is 5.21. The van der Waals surface area contributed by atoms with Gasteiger partial charge in [0, 0.05) is 24.2 Å². The van der Waals surface area contributed by atoms with Crippen LogP contribution in [0.25, 0.3) is 22.5 Å². The number of hydrogen-bond donors (Lipinski definition) is 4. The molecule has 15 heteroatoms. The maximum atomic E-state index is 13.8. The maximum Gasteiger partial charge on any atom is 0.407 e. The molecule has 2 aromatic heterocycles. The van der Waals surface area contributed by atoms with Crippen LogP contribution >= 0.6 is 0 Å². The van der Waals surface area contributed by atoms with E-state index in [0.29, 0.717) is 18.8 Å². The Morgan fingerprint density at radius 1 is 0.750 bits per heavy atom. The molecule has 0 radical (unpaired) electrons. The average molecular weight is 814 g/mol. The Labute approximate surface area is 349 Å². The Morgan fingerprint density at radius 3 is 1.65 bits per heavy atom.